The molecule has 7 heteroatoms. The molecule has 3 aliphatic carbocycles. The van der Waals surface area contributed by atoms with Gasteiger partial charge in [-0.2, -0.15) is 0 Å². The second-order valence-electron chi connectivity index (χ2n) is 8.90. The Balaban J connectivity index is 1.64. The van der Waals surface area contributed by atoms with Gasteiger partial charge in [-0.3, -0.25) is 19.7 Å². The van der Waals surface area contributed by atoms with Crippen LogP contribution in [0.3, 0.4) is 0 Å². The Labute approximate surface area is 188 Å². The average Bonchev–Trinajstić information content (AvgIpc) is 3.10. The SMILES string of the molecule is Cc1ccc(N2C(=O)[C@H]3C4c5ccccc5C(C=O)(c5ccccc54)[C@H]3C2=O)c([N+](=O)[O-])c1. The molecule has 2 atom stereocenters. The lowest BCUT2D eigenvalue weighted by Gasteiger charge is -2.51. The van der Waals surface area contributed by atoms with Crippen LogP contribution in [0.5, 0.6) is 0 Å². The monoisotopic (exact) mass is 438 g/mol. The van der Waals surface area contributed by atoms with Crippen LogP contribution >= 0.6 is 0 Å². The predicted molar refractivity (Wildman–Crippen MR) is 119 cm³/mol. The first-order chi connectivity index (χ1) is 15.9. The molecule has 0 N–H and O–H groups in total. The van der Waals surface area contributed by atoms with Crippen LogP contribution in [0.4, 0.5) is 11.4 Å². The van der Waals surface area contributed by atoms with Crippen molar-refractivity contribution in [2.24, 2.45) is 11.8 Å². The Hall–Kier alpha value is -4.13. The Bertz CT molecular complexity index is 1360. The van der Waals surface area contributed by atoms with E-state index in [0.717, 1.165) is 33.4 Å². The van der Waals surface area contributed by atoms with Gasteiger partial charge < -0.3 is 4.79 Å². The molecule has 0 radical (unpaired) electrons. The molecule has 0 aromatic heterocycles. The highest BCUT2D eigenvalue weighted by molar-refractivity contribution is 6.25. The van der Waals surface area contributed by atoms with E-state index in [1.165, 1.54) is 12.1 Å². The van der Waals surface area contributed by atoms with Gasteiger partial charge in [0.15, 0.2) is 0 Å². The molecule has 1 saturated heterocycles. The number of rotatable bonds is 3. The molecule has 2 bridgehead atoms. The van der Waals surface area contributed by atoms with E-state index in [-0.39, 0.29) is 11.4 Å². The van der Waals surface area contributed by atoms with Gasteiger partial charge in [0.2, 0.25) is 11.8 Å². The summed E-state index contributed by atoms with van der Waals surface area (Å²) in [6.07, 6.45) is 0.788. The molecule has 2 amide bonds. The van der Waals surface area contributed by atoms with E-state index in [1.54, 1.807) is 13.0 Å². The standard InChI is InChI=1S/C26H18N2O5/c1-14-10-11-19(20(12-14)28(32)33)27-24(30)22-21-15-6-2-4-8-17(15)26(13-29,23(22)25(27)31)18-9-5-3-7-16(18)21/h2-13,21-23H,1H3/t21?,22-,23+,26?/m0/s1. The summed E-state index contributed by atoms with van der Waals surface area (Å²) < 4.78 is 0. The Morgan fingerprint density at radius 1 is 0.939 bits per heavy atom. The van der Waals surface area contributed by atoms with Crippen LogP contribution in [0.2, 0.25) is 0 Å². The number of amides is 2. The van der Waals surface area contributed by atoms with Crippen molar-refractivity contribution < 1.29 is 19.3 Å². The lowest BCUT2D eigenvalue weighted by molar-refractivity contribution is -0.384. The molecule has 162 valence electrons. The van der Waals surface area contributed by atoms with Crippen LogP contribution in [0, 0.1) is 28.9 Å². The van der Waals surface area contributed by atoms with Gasteiger partial charge in [-0.15, -0.1) is 0 Å². The van der Waals surface area contributed by atoms with Crippen LogP contribution in [0.1, 0.15) is 33.7 Å². The molecule has 1 heterocycles. The molecular weight excluding hydrogens is 420 g/mol. The Kier molecular flexibility index (Phi) is 3.82. The number of benzene rings is 3. The van der Waals surface area contributed by atoms with Crippen LogP contribution in [-0.2, 0) is 19.8 Å². The summed E-state index contributed by atoms with van der Waals surface area (Å²) in [5.41, 5.74) is 2.12. The summed E-state index contributed by atoms with van der Waals surface area (Å²) in [6.45, 7) is 1.71. The highest BCUT2D eigenvalue weighted by Crippen LogP contribution is 2.63. The normalized spacial score (nSPS) is 26.6. The maximum atomic E-state index is 13.9. The van der Waals surface area contributed by atoms with Gasteiger partial charge in [0.1, 0.15) is 12.0 Å². The number of carbonyl (C=O) groups is 3. The minimum absolute atomic E-state index is 0.0523. The molecule has 3 aromatic rings. The lowest BCUT2D eigenvalue weighted by Crippen LogP contribution is -2.54. The average molecular weight is 438 g/mol. The number of hydrogen-bond acceptors (Lipinski definition) is 5. The van der Waals surface area contributed by atoms with Gasteiger partial charge in [-0.05, 0) is 40.8 Å². The summed E-state index contributed by atoms with van der Waals surface area (Å²) in [6, 6.07) is 19.3. The first kappa shape index (κ1) is 19.5. The summed E-state index contributed by atoms with van der Waals surface area (Å²) in [5, 5.41) is 11.8. The minimum atomic E-state index is -1.33. The molecule has 7 rings (SSSR count). The second-order valence-corrected chi connectivity index (χ2v) is 8.90. The van der Waals surface area contributed by atoms with Gasteiger partial charge in [-0.25, -0.2) is 4.90 Å². The van der Waals surface area contributed by atoms with Gasteiger partial charge in [-0.1, -0.05) is 54.6 Å². The third-order valence-corrected chi connectivity index (χ3v) is 7.44. The van der Waals surface area contributed by atoms with Crippen LogP contribution < -0.4 is 4.90 Å². The quantitative estimate of drug-likeness (QED) is 0.269. The molecule has 0 saturated carbocycles. The van der Waals surface area contributed by atoms with Crippen molar-refractivity contribution >= 4 is 29.5 Å². The molecular formula is C26H18N2O5. The lowest BCUT2D eigenvalue weighted by atomic mass is 9.48. The van der Waals surface area contributed by atoms with E-state index in [9.17, 15) is 24.5 Å². The van der Waals surface area contributed by atoms with Crippen molar-refractivity contribution in [1.29, 1.82) is 0 Å². The van der Waals surface area contributed by atoms with Crippen LogP contribution in [-0.4, -0.2) is 23.0 Å². The summed E-state index contributed by atoms with van der Waals surface area (Å²) >= 11 is 0. The van der Waals surface area contributed by atoms with Gasteiger partial charge >= 0.3 is 0 Å². The third-order valence-electron chi connectivity index (χ3n) is 7.44. The molecule has 4 aliphatic rings. The zero-order valence-electron chi connectivity index (χ0n) is 17.6. The molecule has 1 aliphatic heterocycles. The van der Waals surface area contributed by atoms with Crippen molar-refractivity contribution in [3.8, 4) is 0 Å². The predicted octanol–water partition coefficient (Wildman–Crippen LogP) is 3.65. The van der Waals surface area contributed by atoms with Gasteiger partial charge in [0.25, 0.3) is 5.69 Å². The third kappa shape index (κ3) is 2.21. The number of carbonyl (C=O) groups excluding carboxylic acids is 3. The molecule has 0 spiro atoms. The largest absolute Gasteiger partial charge is 0.302 e. The van der Waals surface area contributed by atoms with E-state index >= 15 is 0 Å². The highest BCUT2D eigenvalue weighted by atomic mass is 16.6. The number of anilines is 1. The number of nitro benzene ring substituents is 1. The summed E-state index contributed by atoms with van der Waals surface area (Å²) in [4.78, 5) is 52.8. The number of imide groups is 1. The highest BCUT2D eigenvalue weighted by Gasteiger charge is 2.68. The first-order valence-corrected chi connectivity index (χ1v) is 10.7. The van der Waals surface area contributed by atoms with Crippen molar-refractivity contribution in [1.82, 2.24) is 0 Å². The smallest absolute Gasteiger partial charge is 0.293 e. The van der Waals surface area contributed by atoms with Crippen molar-refractivity contribution in [3.05, 3.63) is 105 Å². The molecule has 3 aromatic carbocycles. The molecule has 0 unspecified atom stereocenters. The second kappa shape index (κ2) is 6.45. The van der Waals surface area contributed by atoms with Crippen LogP contribution in [0.25, 0.3) is 0 Å². The van der Waals surface area contributed by atoms with Crippen molar-refractivity contribution in [3.63, 3.8) is 0 Å². The summed E-state index contributed by atoms with van der Waals surface area (Å²) in [7, 11) is 0. The number of nitrogens with zero attached hydrogens (tertiary/aromatic N) is 2. The molecule has 1 fully saturated rings. The fourth-order valence-corrected chi connectivity index (χ4v) is 6.24. The van der Waals surface area contributed by atoms with Crippen molar-refractivity contribution in [2.75, 3.05) is 4.90 Å². The molecule has 7 nitrogen and oxygen atoms in total. The first-order valence-electron chi connectivity index (χ1n) is 10.7. The fraction of sp³-hybridized carbons (Fsp3) is 0.192. The van der Waals surface area contributed by atoms with E-state index in [1.807, 2.05) is 48.5 Å². The zero-order valence-corrected chi connectivity index (χ0v) is 17.6. The fourth-order valence-electron chi connectivity index (χ4n) is 6.24. The zero-order chi connectivity index (χ0) is 23.1. The number of hydrogen-bond donors (Lipinski definition) is 0. The minimum Gasteiger partial charge on any atom is -0.302 e. The van der Waals surface area contributed by atoms with Crippen LogP contribution in [0.15, 0.2) is 66.7 Å². The maximum absolute atomic E-state index is 13.9. The molecule has 33 heavy (non-hydrogen) atoms. The van der Waals surface area contributed by atoms with E-state index in [4.69, 9.17) is 0 Å². The van der Waals surface area contributed by atoms with Gasteiger partial charge in [0.05, 0.1) is 22.2 Å². The number of nitro groups is 1. The Morgan fingerprint density at radius 3 is 2.12 bits per heavy atom. The van der Waals surface area contributed by atoms with E-state index in [0.29, 0.717) is 5.56 Å². The topological polar surface area (TPSA) is 97.6 Å². The summed E-state index contributed by atoms with van der Waals surface area (Å²) in [5.74, 6) is -3.25. The van der Waals surface area contributed by atoms with E-state index in [2.05, 4.69) is 0 Å². The Morgan fingerprint density at radius 2 is 1.55 bits per heavy atom. The van der Waals surface area contributed by atoms with Crippen molar-refractivity contribution in [2.45, 2.75) is 18.3 Å². The maximum Gasteiger partial charge on any atom is 0.293 e. The number of aldehydes is 1. The van der Waals surface area contributed by atoms with Gasteiger partial charge in [0, 0.05) is 12.0 Å². The van der Waals surface area contributed by atoms with E-state index < -0.39 is 39.9 Å². The number of aryl methyl sites for hydroxylation is 1.